The van der Waals surface area contributed by atoms with E-state index >= 15 is 0 Å². The highest BCUT2D eigenvalue weighted by atomic mass is 127. The van der Waals surface area contributed by atoms with Gasteiger partial charge >= 0.3 is 21.2 Å². The zero-order valence-corrected chi connectivity index (χ0v) is 14.6. The van der Waals surface area contributed by atoms with Crippen LogP contribution in [0, 0.1) is 13.0 Å². The molecule has 0 aromatic heterocycles. The number of benzene rings is 2. The van der Waals surface area contributed by atoms with Crippen LogP contribution in [0.2, 0.25) is 0 Å². The molecule has 0 bridgehead atoms. The molecular weight excluding hydrogens is 362 g/mol. The first kappa shape index (κ1) is 15.5. The van der Waals surface area contributed by atoms with Crippen LogP contribution in [0.5, 0.6) is 0 Å². The highest BCUT2D eigenvalue weighted by molar-refractivity contribution is 5.21. The Morgan fingerprint density at radius 3 is 1.90 bits per heavy atom. The molecule has 0 spiro atoms. The summed E-state index contributed by atoms with van der Waals surface area (Å²) in [6.45, 7) is 8.45. The smallest absolute Gasteiger partial charge is 0.207 e. The standard InChI is InChI=1S/C18H21FI/c1-12(2)14-5-7-15(8-6-14)20-16-9-10-17(13(3)4)18(19)11-16/h5-13H,1-4H3/q+1. The maximum atomic E-state index is 14.0. The zero-order chi connectivity index (χ0) is 14.7. The van der Waals surface area contributed by atoms with Crippen molar-refractivity contribution in [1.82, 2.24) is 0 Å². The molecule has 2 aromatic rings. The van der Waals surface area contributed by atoms with Crippen LogP contribution in [-0.2, 0) is 0 Å². The topological polar surface area (TPSA) is 0 Å². The molecule has 2 heteroatoms. The van der Waals surface area contributed by atoms with Crippen LogP contribution in [0.4, 0.5) is 4.39 Å². The first-order valence-electron chi connectivity index (χ1n) is 7.01. The van der Waals surface area contributed by atoms with Gasteiger partial charge in [-0.25, -0.2) is 4.39 Å². The molecule has 106 valence electrons. The van der Waals surface area contributed by atoms with Crippen molar-refractivity contribution in [2.45, 2.75) is 39.5 Å². The molecule has 0 saturated heterocycles. The monoisotopic (exact) mass is 383 g/mol. The van der Waals surface area contributed by atoms with E-state index in [2.05, 4.69) is 44.2 Å². The highest BCUT2D eigenvalue weighted by Crippen LogP contribution is 2.17. The fourth-order valence-electron chi connectivity index (χ4n) is 2.07. The predicted octanol–water partition coefficient (Wildman–Crippen LogP) is 2.20. The fraction of sp³-hybridized carbons (Fsp3) is 0.333. The third-order valence-electron chi connectivity index (χ3n) is 3.34. The molecule has 0 saturated carbocycles. The normalized spacial score (nSPS) is 11.3. The van der Waals surface area contributed by atoms with Gasteiger partial charge in [0.25, 0.3) is 0 Å². The number of hydrogen-bond donors (Lipinski definition) is 0. The summed E-state index contributed by atoms with van der Waals surface area (Å²) in [4.78, 5) is 0. The van der Waals surface area contributed by atoms with Crippen molar-refractivity contribution >= 4 is 0 Å². The molecule has 0 unspecified atom stereocenters. The molecule has 0 N–H and O–H groups in total. The van der Waals surface area contributed by atoms with Crippen LogP contribution in [0.1, 0.15) is 50.7 Å². The molecule has 0 aliphatic carbocycles. The molecule has 2 aromatic carbocycles. The van der Waals surface area contributed by atoms with E-state index in [4.69, 9.17) is 0 Å². The number of hydrogen-bond acceptors (Lipinski definition) is 0. The largest absolute Gasteiger partial charge is 0.358 e. The third kappa shape index (κ3) is 3.81. The minimum atomic E-state index is -0.293. The van der Waals surface area contributed by atoms with Crippen molar-refractivity contribution in [1.29, 1.82) is 0 Å². The molecule has 0 heterocycles. The first-order chi connectivity index (χ1) is 9.47. The van der Waals surface area contributed by atoms with Crippen LogP contribution in [0.15, 0.2) is 42.5 Å². The maximum Gasteiger partial charge on any atom is 0.358 e. The summed E-state index contributed by atoms with van der Waals surface area (Å²) in [6.07, 6.45) is 0. The van der Waals surface area contributed by atoms with Gasteiger partial charge in [-0.15, -0.1) is 0 Å². The molecule has 0 nitrogen and oxygen atoms in total. The predicted molar refractivity (Wildman–Crippen MR) is 78.4 cm³/mol. The van der Waals surface area contributed by atoms with Crippen LogP contribution in [0.3, 0.4) is 0 Å². The lowest BCUT2D eigenvalue weighted by atomic mass is 10.0. The Morgan fingerprint density at radius 2 is 1.40 bits per heavy atom. The fourth-order valence-corrected chi connectivity index (χ4v) is 4.29. The van der Waals surface area contributed by atoms with Gasteiger partial charge in [0.2, 0.25) is 0 Å². The maximum absolute atomic E-state index is 14.0. The summed E-state index contributed by atoms with van der Waals surface area (Å²) in [5.41, 5.74) is 2.17. The summed E-state index contributed by atoms with van der Waals surface area (Å²) < 4.78 is 16.5. The van der Waals surface area contributed by atoms with Crippen molar-refractivity contribution in [3.05, 3.63) is 66.5 Å². The van der Waals surface area contributed by atoms with Crippen molar-refractivity contribution < 1.29 is 25.6 Å². The summed E-state index contributed by atoms with van der Waals surface area (Å²) in [7, 11) is 0. The highest BCUT2D eigenvalue weighted by Gasteiger charge is 2.18. The van der Waals surface area contributed by atoms with E-state index in [1.54, 1.807) is 6.07 Å². The van der Waals surface area contributed by atoms with Crippen LogP contribution in [0.25, 0.3) is 0 Å². The Hall–Kier alpha value is -0.900. The minimum Gasteiger partial charge on any atom is -0.207 e. The Morgan fingerprint density at radius 1 is 0.800 bits per heavy atom. The molecule has 0 fully saturated rings. The van der Waals surface area contributed by atoms with E-state index in [1.165, 1.54) is 9.13 Å². The molecule has 20 heavy (non-hydrogen) atoms. The van der Waals surface area contributed by atoms with Crippen molar-refractivity contribution in [2.75, 3.05) is 0 Å². The van der Waals surface area contributed by atoms with Gasteiger partial charge < -0.3 is 0 Å². The molecule has 0 radical (unpaired) electrons. The Labute approximate surface area is 131 Å². The summed E-state index contributed by atoms with van der Waals surface area (Å²) in [5.74, 6) is 0.744. The molecule has 0 atom stereocenters. The quantitative estimate of drug-likeness (QED) is 0.711. The Bertz CT molecular complexity index is 570. The molecule has 0 aliphatic heterocycles. The number of rotatable bonds is 4. The second kappa shape index (κ2) is 6.70. The average molecular weight is 383 g/mol. The molecule has 0 amide bonds. The molecule has 2 rings (SSSR count). The summed E-state index contributed by atoms with van der Waals surface area (Å²) >= 11 is -0.293. The average Bonchev–Trinajstić information content (AvgIpc) is 2.39. The second-order valence-corrected chi connectivity index (χ2v) is 8.65. The lowest BCUT2D eigenvalue weighted by molar-refractivity contribution is -0.597. The van der Waals surface area contributed by atoms with Crippen molar-refractivity contribution in [2.24, 2.45) is 0 Å². The first-order valence-corrected chi connectivity index (χ1v) is 9.17. The van der Waals surface area contributed by atoms with Crippen LogP contribution in [-0.4, -0.2) is 0 Å². The number of halogens is 2. The Balaban J connectivity index is 2.15. The van der Waals surface area contributed by atoms with E-state index in [-0.39, 0.29) is 32.9 Å². The second-order valence-electron chi connectivity index (χ2n) is 5.62. The van der Waals surface area contributed by atoms with Gasteiger partial charge in [-0.2, -0.15) is 0 Å². The molecular formula is C18H21FI+. The van der Waals surface area contributed by atoms with E-state index in [0.29, 0.717) is 5.92 Å². The summed E-state index contributed by atoms with van der Waals surface area (Å²) in [6, 6.07) is 14.5. The third-order valence-corrected chi connectivity index (χ3v) is 5.98. The van der Waals surface area contributed by atoms with E-state index < -0.39 is 0 Å². The van der Waals surface area contributed by atoms with Gasteiger partial charge in [0.15, 0.2) is 7.14 Å². The summed E-state index contributed by atoms with van der Waals surface area (Å²) in [5, 5.41) is 0. The van der Waals surface area contributed by atoms with Crippen molar-refractivity contribution in [3.8, 4) is 0 Å². The van der Waals surface area contributed by atoms with Crippen LogP contribution < -0.4 is 21.2 Å². The Kier molecular flexibility index (Phi) is 5.19. The van der Waals surface area contributed by atoms with Crippen LogP contribution >= 0.6 is 0 Å². The van der Waals surface area contributed by atoms with E-state index in [1.807, 2.05) is 19.9 Å². The molecule has 0 aliphatic rings. The van der Waals surface area contributed by atoms with E-state index in [0.717, 1.165) is 9.13 Å². The van der Waals surface area contributed by atoms with Gasteiger partial charge in [0.1, 0.15) is 5.82 Å². The van der Waals surface area contributed by atoms with E-state index in [9.17, 15) is 4.39 Å². The van der Waals surface area contributed by atoms with Gasteiger partial charge in [-0.1, -0.05) is 45.9 Å². The SMILES string of the molecule is CC(C)c1ccc([I+]c2ccc(C(C)C)c(F)c2)cc1. The van der Waals surface area contributed by atoms with Gasteiger partial charge in [-0.3, -0.25) is 0 Å². The lowest BCUT2D eigenvalue weighted by Gasteiger charge is -2.05. The van der Waals surface area contributed by atoms with Gasteiger partial charge in [-0.05, 0) is 41.2 Å². The van der Waals surface area contributed by atoms with Gasteiger partial charge in [0.05, 0.1) is 0 Å². The zero-order valence-electron chi connectivity index (χ0n) is 12.5. The lowest BCUT2D eigenvalue weighted by Crippen LogP contribution is -3.61. The van der Waals surface area contributed by atoms with Gasteiger partial charge in [0, 0.05) is 6.07 Å². The van der Waals surface area contributed by atoms with Crippen molar-refractivity contribution in [3.63, 3.8) is 0 Å². The minimum absolute atomic E-state index is 0.0593.